The third-order valence-electron chi connectivity index (χ3n) is 3.98. The summed E-state index contributed by atoms with van der Waals surface area (Å²) in [5.74, 6) is 1.56. The largest absolute Gasteiger partial charge is 0.493 e. The zero-order valence-electron chi connectivity index (χ0n) is 12.1. The van der Waals surface area contributed by atoms with Gasteiger partial charge in [-0.2, -0.15) is 0 Å². The maximum Gasteiger partial charge on any atom is 0.123 e. The molecule has 2 aromatic rings. The molecule has 0 saturated carbocycles. The first-order valence-electron chi connectivity index (χ1n) is 7.22. The van der Waals surface area contributed by atoms with Gasteiger partial charge in [0.05, 0.1) is 6.61 Å². The van der Waals surface area contributed by atoms with Crippen LogP contribution in [-0.4, -0.2) is 13.7 Å². The Morgan fingerprint density at radius 1 is 1.20 bits per heavy atom. The van der Waals surface area contributed by atoms with Crippen LogP contribution >= 0.6 is 0 Å². The van der Waals surface area contributed by atoms with E-state index in [-0.39, 0.29) is 0 Å². The second-order valence-electron chi connectivity index (χ2n) is 5.55. The molecule has 1 atom stereocenters. The van der Waals surface area contributed by atoms with Crippen LogP contribution in [0.4, 0.5) is 0 Å². The summed E-state index contributed by atoms with van der Waals surface area (Å²) in [6.07, 6.45) is 1.14. The van der Waals surface area contributed by atoms with Gasteiger partial charge in [0.2, 0.25) is 0 Å². The molecule has 1 aliphatic rings. The van der Waals surface area contributed by atoms with Crippen molar-refractivity contribution in [3.05, 3.63) is 64.7 Å². The Balaban J connectivity index is 1.68. The van der Waals surface area contributed by atoms with Crippen molar-refractivity contribution in [1.29, 1.82) is 0 Å². The van der Waals surface area contributed by atoms with Crippen LogP contribution in [0.5, 0.6) is 5.75 Å². The molecule has 1 unspecified atom stereocenters. The van der Waals surface area contributed by atoms with Crippen molar-refractivity contribution in [3.8, 4) is 5.75 Å². The lowest BCUT2D eigenvalue weighted by Crippen LogP contribution is -2.23. The number of hydrogen-bond acceptors (Lipinski definition) is 2. The lowest BCUT2D eigenvalue weighted by molar-refractivity contribution is 0.272. The van der Waals surface area contributed by atoms with Crippen molar-refractivity contribution in [2.75, 3.05) is 13.7 Å². The summed E-state index contributed by atoms with van der Waals surface area (Å²) in [6, 6.07) is 15.1. The predicted octanol–water partition coefficient (Wildman–Crippen LogP) is 3.43. The normalized spacial score (nSPS) is 16.4. The predicted molar refractivity (Wildman–Crippen MR) is 82.3 cm³/mol. The number of aryl methyl sites for hydroxylation is 1. The zero-order valence-corrected chi connectivity index (χ0v) is 12.1. The number of benzene rings is 2. The minimum atomic E-state index is 0.551. The summed E-state index contributed by atoms with van der Waals surface area (Å²) in [4.78, 5) is 0. The highest BCUT2D eigenvalue weighted by Gasteiger charge is 2.26. The molecule has 0 fully saturated rings. The third kappa shape index (κ3) is 2.56. The summed E-state index contributed by atoms with van der Waals surface area (Å²) in [7, 11) is 1.97. The van der Waals surface area contributed by atoms with Crippen molar-refractivity contribution < 1.29 is 4.74 Å². The maximum absolute atomic E-state index is 6.07. The molecule has 0 spiro atoms. The van der Waals surface area contributed by atoms with Crippen LogP contribution in [0.2, 0.25) is 0 Å². The van der Waals surface area contributed by atoms with Crippen molar-refractivity contribution in [3.63, 3.8) is 0 Å². The first-order chi connectivity index (χ1) is 9.78. The molecule has 0 radical (unpaired) electrons. The van der Waals surface area contributed by atoms with E-state index in [0.29, 0.717) is 5.92 Å². The number of nitrogens with one attached hydrogen (secondary N) is 1. The van der Waals surface area contributed by atoms with Gasteiger partial charge in [-0.25, -0.2) is 0 Å². The Kier molecular flexibility index (Phi) is 3.75. The molecule has 1 N–H and O–H groups in total. The fourth-order valence-corrected chi connectivity index (χ4v) is 2.88. The fourth-order valence-electron chi connectivity index (χ4n) is 2.88. The number of ether oxygens (including phenoxy) is 1. The minimum absolute atomic E-state index is 0.551. The second kappa shape index (κ2) is 5.68. The van der Waals surface area contributed by atoms with Gasteiger partial charge in [0.25, 0.3) is 0 Å². The van der Waals surface area contributed by atoms with Crippen LogP contribution in [0, 0.1) is 6.92 Å². The van der Waals surface area contributed by atoms with Crippen molar-refractivity contribution in [1.82, 2.24) is 5.32 Å². The van der Waals surface area contributed by atoms with Crippen LogP contribution in [0.25, 0.3) is 0 Å². The molecule has 3 rings (SSSR count). The molecule has 2 aromatic carbocycles. The Morgan fingerprint density at radius 3 is 2.85 bits per heavy atom. The second-order valence-corrected chi connectivity index (χ2v) is 5.55. The van der Waals surface area contributed by atoms with E-state index < -0.39 is 0 Å². The van der Waals surface area contributed by atoms with E-state index in [4.69, 9.17) is 4.74 Å². The standard InChI is InChI=1S/C18H21NO/c1-13-7-8-18(15(9-13)11-19-2)20-12-16-10-14-5-3-4-6-17(14)16/h3-9,16,19H,10-12H2,1-2H3. The highest BCUT2D eigenvalue weighted by atomic mass is 16.5. The first kappa shape index (κ1) is 13.2. The number of rotatable bonds is 5. The van der Waals surface area contributed by atoms with Crippen LogP contribution in [0.3, 0.4) is 0 Å². The Hall–Kier alpha value is -1.80. The Morgan fingerprint density at radius 2 is 2.05 bits per heavy atom. The molecule has 0 heterocycles. The topological polar surface area (TPSA) is 21.3 Å². The van der Waals surface area contributed by atoms with Crippen LogP contribution in [0.15, 0.2) is 42.5 Å². The highest BCUT2D eigenvalue weighted by Crippen LogP contribution is 2.35. The van der Waals surface area contributed by atoms with E-state index in [9.17, 15) is 0 Å². The summed E-state index contributed by atoms with van der Waals surface area (Å²) >= 11 is 0. The Labute approximate surface area is 120 Å². The molecule has 0 amide bonds. The molecule has 0 saturated heterocycles. The summed E-state index contributed by atoms with van der Waals surface area (Å²) in [6.45, 7) is 3.74. The van der Waals surface area contributed by atoms with Crippen LogP contribution in [-0.2, 0) is 13.0 Å². The van der Waals surface area contributed by atoms with Gasteiger partial charge in [0.1, 0.15) is 5.75 Å². The highest BCUT2D eigenvalue weighted by molar-refractivity contribution is 5.41. The average Bonchev–Trinajstić information content (AvgIpc) is 2.42. The molecule has 20 heavy (non-hydrogen) atoms. The van der Waals surface area contributed by atoms with E-state index in [1.165, 1.54) is 22.3 Å². The summed E-state index contributed by atoms with van der Waals surface area (Å²) in [5.41, 5.74) is 5.44. The number of hydrogen-bond donors (Lipinski definition) is 1. The smallest absolute Gasteiger partial charge is 0.123 e. The van der Waals surface area contributed by atoms with E-state index in [0.717, 1.165) is 25.3 Å². The van der Waals surface area contributed by atoms with E-state index in [1.54, 1.807) is 0 Å². The molecule has 1 aliphatic carbocycles. The van der Waals surface area contributed by atoms with Gasteiger partial charge in [-0.1, -0.05) is 42.0 Å². The molecule has 104 valence electrons. The average molecular weight is 267 g/mol. The van der Waals surface area contributed by atoms with Gasteiger partial charge in [-0.15, -0.1) is 0 Å². The van der Waals surface area contributed by atoms with E-state index in [2.05, 4.69) is 54.7 Å². The van der Waals surface area contributed by atoms with Gasteiger partial charge in [0.15, 0.2) is 0 Å². The molecule has 0 bridgehead atoms. The van der Waals surface area contributed by atoms with E-state index in [1.807, 2.05) is 7.05 Å². The molecule has 0 aromatic heterocycles. The molecular weight excluding hydrogens is 246 g/mol. The maximum atomic E-state index is 6.07. The first-order valence-corrected chi connectivity index (χ1v) is 7.22. The van der Waals surface area contributed by atoms with Gasteiger partial charge >= 0.3 is 0 Å². The van der Waals surface area contributed by atoms with Gasteiger partial charge in [0, 0.05) is 18.0 Å². The molecule has 0 aliphatic heterocycles. The van der Waals surface area contributed by atoms with Crippen molar-refractivity contribution in [2.24, 2.45) is 0 Å². The van der Waals surface area contributed by atoms with Crippen LogP contribution in [0.1, 0.15) is 28.2 Å². The SMILES string of the molecule is CNCc1cc(C)ccc1OCC1Cc2ccccc21. The minimum Gasteiger partial charge on any atom is -0.493 e. The molecular formula is C18H21NO. The summed E-state index contributed by atoms with van der Waals surface area (Å²) in [5, 5.41) is 3.20. The lowest BCUT2D eigenvalue weighted by Gasteiger charge is -2.30. The van der Waals surface area contributed by atoms with Gasteiger partial charge < -0.3 is 10.1 Å². The Bertz CT molecular complexity index is 606. The molecule has 2 heteroatoms. The number of fused-ring (bicyclic) bond motifs is 1. The quantitative estimate of drug-likeness (QED) is 0.896. The van der Waals surface area contributed by atoms with Gasteiger partial charge in [-0.3, -0.25) is 0 Å². The van der Waals surface area contributed by atoms with E-state index >= 15 is 0 Å². The zero-order chi connectivity index (χ0) is 13.9. The fraction of sp³-hybridized carbons (Fsp3) is 0.333. The van der Waals surface area contributed by atoms with Crippen molar-refractivity contribution in [2.45, 2.75) is 25.8 Å². The monoisotopic (exact) mass is 267 g/mol. The lowest BCUT2D eigenvalue weighted by atomic mass is 9.78. The summed E-state index contributed by atoms with van der Waals surface area (Å²) < 4.78 is 6.07. The van der Waals surface area contributed by atoms with Crippen molar-refractivity contribution >= 4 is 0 Å². The molecule has 2 nitrogen and oxygen atoms in total. The third-order valence-corrected chi connectivity index (χ3v) is 3.98. The van der Waals surface area contributed by atoms with Gasteiger partial charge in [-0.05, 0) is 37.6 Å². The van der Waals surface area contributed by atoms with Crippen LogP contribution < -0.4 is 10.1 Å².